The smallest absolute Gasteiger partial charge is 0.260 e. The molecule has 0 aliphatic carbocycles. The zero-order valence-corrected chi connectivity index (χ0v) is 26.1. The third-order valence-electron chi connectivity index (χ3n) is 9.38. The molecular weight excluding hydrogens is 593 g/mol. The van der Waals surface area contributed by atoms with E-state index in [0.717, 1.165) is 45.5 Å². The summed E-state index contributed by atoms with van der Waals surface area (Å²) in [6, 6.07) is 55.8. The van der Waals surface area contributed by atoms with Crippen LogP contribution >= 0.6 is 11.3 Å². The average molecular weight is 620 g/mol. The Bertz CT molecular complexity index is 2440. The van der Waals surface area contributed by atoms with E-state index in [2.05, 4.69) is 157 Å². The molecule has 0 radical (unpaired) electrons. The minimum absolute atomic E-state index is 0.00851. The minimum Gasteiger partial charge on any atom is -0.458 e. The molecule has 2 aliphatic rings. The van der Waals surface area contributed by atoms with Gasteiger partial charge in [0.15, 0.2) is 0 Å². The predicted molar refractivity (Wildman–Crippen MR) is 197 cm³/mol. The summed E-state index contributed by atoms with van der Waals surface area (Å²) in [5.74, 6) is 3.57. The number of hydrogen-bond donors (Lipinski definition) is 0. The average Bonchev–Trinajstić information content (AvgIpc) is 3.51. The summed E-state index contributed by atoms with van der Waals surface area (Å²) < 4.78 is 15.7. The van der Waals surface area contributed by atoms with Gasteiger partial charge in [-0.25, -0.2) is 0 Å². The summed E-state index contributed by atoms with van der Waals surface area (Å²) in [5, 5.41) is 2.45. The van der Waals surface area contributed by atoms with E-state index in [1.54, 1.807) is 11.3 Å². The molecule has 0 unspecified atom stereocenters. The first-order valence-corrected chi connectivity index (χ1v) is 16.7. The Kier molecular flexibility index (Phi) is 5.84. The van der Waals surface area contributed by atoms with E-state index in [1.807, 2.05) is 6.07 Å². The first-order chi connectivity index (χ1) is 23.3. The van der Waals surface area contributed by atoms with Crippen molar-refractivity contribution in [3.8, 4) is 34.1 Å². The van der Waals surface area contributed by atoms with Crippen molar-refractivity contribution < 1.29 is 9.47 Å². The number of benzene rings is 7. The molecule has 8 aromatic rings. The van der Waals surface area contributed by atoms with E-state index < -0.39 is 0 Å². The van der Waals surface area contributed by atoms with Crippen LogP contribution in [0.5, 0.6) is 23.0 Å². The fraction of sp³-hybridized carbons (Fsp3) is 0. The summed E-state index contributed by atoms with van der Waals surface area (Å²) in [6.07, 6.45) is 0. The number of ether oxygens (including phenoxy) is 2. The van der Waals surface area contributed by atoms with Crippen LogP contribution in [0.3, 0.4) is 0 Å². The molecule has 3 heterocycles. The van der Waals surface area contributed by atoms with E-state index in [4.69, 9.17) is 9.47 Å². The lowest BCUT2D eigenvalue weighted by Crippen LogP contribution is -2.57. The highest BCUT2D eigenvalue weighted by Gasteiger charge is 2.41. The molecule has 3 nitrogen and oxygen atoms in total. The molecule has 5 heteroatoms. The second-order valence-corrected chi connectivity index (χ2v) is 13.1. The molecule has 0 atom stereocenters. The lowest BCUT2D eigenvalue weighted by molar-refractivity contribution is 0.467. The van der Waals surface area contributed by atoms with Crippen molar-refractivity contribution in [1.29, 1.82) is 0 Å². The Morgan fingerprint density at radius 3 is 1.89 bits per heavy atom. The SMILES string of the molecule is c1ccc(-c2ccc3c(c2)B2c4ccc5c(sc6cc(N(c7ccccc7)c7ccccc7)ccc65)c4Oc4cccc(c42)O3)cc1. The fourth-order valence-electron chi connectivity index (χ4n) is 7.26. The highest BCUT2D eigenvalue weighted by Crippen LogP contribution is 2.45. The van der Waals surface area contributed by atoms with Crippen LogP contribution in [0, 0.1) is 0 Å². The highest BCUT2D eigenvalue weighted by atomic mass is 32.1. The summed E-state index contributed by atoms with van der Waals surface area (Å²) in [5.41, 5.74) is 9.19. The van der Waals surface area contributed by atoms with Gasteiger partial charge in [-0.1, -0.05) is 103 Å². The van der Waals surface area contributed by atoms with Gasteiger partial charge in [0.05, 0.1) is 4.70 Å². The van der Waals surface area contributed by atoms with Crippen molar-refractivity contribution in [3.05, 3.63) is 158 Å². The topological polar surface area (TPSA) is 21.7 Å². The van der Waals surface area contributed by atoms with E-state index in [-0.39, 0.29) is 6.71 Å². The molecule has 7 aromatic carbocycles. The van der Waals surface area contributed by atoms with Gasteiger partial charge in [-0.15, -0.1) is 11.3 Å². The summed E-state index contributed by atoms with van der Waals surface area (Å²) in [4.78, 5) is 2.32. The Balaban J connectivity index is 1.15. The Labute approximate surface area is 277 Å². The summed E-state index contributed by atoms with van der Waals surface area (Å²) in [6.45, 7) is 0.00851. The van der Waals surface area contributed by atoms with Crippen molar-refractivity contribution in [2.24, 2.45) is 0 Å². The molecule has 10 rings (SSSR count). The molecular formula is C42H26BNO2S. The molecule has 0 fully saturated rings. The van der Waals surface area contributed by atoms with E-state index >= 15 is 0 Å². The van der Waals surface area contributed by atoms with Gasteiger partial charge < -0.3 is 14.4 Å². The van der Waals surface area contributed by atoms with Gasteiger partial charge in [0.1, 0.15) is 23.0 Å². The molecule has 1 aromatic heterocycles. The van der Waals surface area contributed by atoms with Gasteiger partial charge in [0, 0.05) is 38.0 Å². The summed E-state index contributed by atoms with van der Waals surface area (Å²) >= 11 is 1.81. The summed E-state index contributed by atoms with van der Waals surface area (Å²) in [7, 11) is 0. The van der Waals surface area contributed by atoms with Crippen molar-refractivity contribution in [2.45, 2.75) is 0 Å². The van der Waals surface area contributed by atoms with Crippen molar-refractivity contribution >= 4 is 71.7 Å². The second-order valence-electron chi connectivity index (χ2n) is 12.1. The quantitative estimate of drug-likeness (QED) is 0.183. The third kappa shape index (κ3) is 4.13. The molecule has 220 valence electrons. The lowest BCUT2D eigenvalue weighted by atomic mass is 9.34. The van der Waals surface area contributed by atoms with Crippen LogP contribution in [0.1, 0.15) is 0 Å². The van der Waals surface area contributed by atoms with E-state index in [9.17, 15) is 0 Å². The van der Waals surface area contributed by atoms with Crippen LogP contribution in [0.25, 0.3) is 31.3 Å². The van der Waals surface area contributed by atoms with Gasteiger partial charge in [-0.2, -0.15) is 0 Å². The van der Waals surface area contributed by atoms with Gasteiger partial charge in [-0.05, 0) is 76.6 Å². The van der Waals surface area contributed by atoms with Crippen LogP contribution in [-0.2, 0) is 0 Å². The second kappa shape index (κ2) is 10.4. The van der Waals surface area contributed by atoms with Gasteiger partial charge >= 0.3 is 0 Å². The van der Waals surface area contributed by atoms with Gasteiger partial charge in [-0.3, -0.25) is 0 Å². The third-order valence-corrected chi connectivity index (χ3v) is 10.5. The Morgan fingerprint density at radius 1 is 0.468 bits per heavy atom. The first kappa shape index (κ1) is 26.4. The van der Waals surface area contributed by atoms with Gasteiger partial charge in [0.25, 0.3) is 6.71 Å². The number of anilines is 3. The van der Waals surface area contributed by atoms with Crippen LogP contribution in [-0.4, -0.2) is 6.71 Å². The largest absolute Gasteiger partial charge is 0.458 e. The van der Waals surface area contributed by atoms with Crippen molar-refractivity contribution in [2.75, 3.05) is 4.90 Å². The monoisotopic (exact) mass is 619 g/mol. The Morgan fingerprint density at radius 2 is 1.15 bits per heavy atom. The number of hydrogen-bond acceptors (Lipinski definition) is 4. The Hall–Kier alpha value is -5.78. The molecule has 0 bridgehead atoms. The number of rotatable bonds is 4. The standard InChI is InChI=1S/C42H26BNO2S/c1-4-11-27(12-5-1)28-19-24-36-35(25-28)43-34-23-22-33-32-21-20-31(44(29-13-6-2-7-14-29)30-15-8-3-9-16-30)26-39(32)47-42(33)41(34)46-38-18-10-17-37(45-36)40(38)43/h1-26H. The van der Waals surface area contributed by atoms with Crippen molar-refractivity contribution in [1.82, 2.24) is 0 Å². The molecule has 2 aliphatic heterocycles. The predicted octanol–water partition coefficient (Wildman–Crippen LogP) is 9.92. The maximum atomic E-state index is 6.83. The number of thiophene rings is 1. The normalized spacial score (nSPS) is 12.6. The minimum atomic E-state index is 0.00851. The first-order valence-electron chi connectivity index (χ1n) is 15.9. The zero-order valence-electron chi connectivity index (χ0n) is 25.3. The van der Waals surface area contributed by atoms with Crippen LogP contribution in [0.4, 0.5) is 17.1 Å². The maximum Gasteiger partial charge on any atom is 0.260 e. The molecule has 0 saturated heterocycles. The van der Waals surface area contributed by atoms with Crippen molar-refractivity contribution in [3.63, 3.8) is 0 Å². The van der Waals surface area contributed by atoms with Crippen LogP contribution < -0.4 is 30.8 Å². The van der Waals surface area contributed by atoms with E-state index in [1.165, 1.54) is 42.2 Å². The number of nitrogens with zero attached hydrogens (tertiary/aromatic N) is 1. The lowest BCUT2D eigenvalue weighted by Gasteiger charge is -2.33. The highest BCUT2D eigenvalue weighted by molar-refractivity contribution is 7.26. The molecule has 0 spiro atoms. The fourth-order valence-corrected chi connectivity index (χ4v) is 8.49. The molecule has 0 saturated carbocycles. The number of para-hydroxylation sites is 2. The molecule has 0 N–H and O–H groups in total. The molecule has 47 heavy (non-hydrogen) atoms. The maximum absolute atomic E-state index is 6.83. The van der Waals surface area contributed by atoms with Gasteiger partial charge in [0.2, 0.25) is 0 Å². The number of fused-ring (bicyclic) bond motifs is 8. The zero-order chi connectivity index (χ0) is 30.9. The van der Waals surface area contributed by atoms with E-state index in [0.29, 0.717) is 0 Å². The van der Waals surface area contributed by atoms with Crippen LogP contribution in [0.2, 0.25) is 0 Å². The molecule has 0 amide bonds. The van der Waals surface area contributed by atoms with Crippen LogP contribution in [0.15, 0.2) is 158 Å².